The summed E-state index contributed by atoms with van der Waals surface area (Å²) in [4.78, 5) is 0. The average Bonchev–Trinajstić information content (AvgIpc) is 2.05. The van der Waals surface area contributed by atoms with E-state index in [9.17, 15) is 0 Å². The third-order valence-corrected chi connectivity index (χ3v) is 2.33. The van der Waals surface area contributed by atoms with Gasteiger partial charge in [-0.2, -0.15) is 0 Å². The largest absolute Gasteiger partial charge is 0.384 e. The van der Waals surface area contributed by atoms with Crippen LogP contribution >= 0.6 is 15.9 Å². The molecule has 0 amide bonds. The van der Waals surface area contributed by atoms with Crippen molar-refractivity contribution in [2.45, 2.75) is 12.8 Å². The third-order valence-electron chi connectivity index (χ3n) is 1.83. The molecule has 12 heavy (non-hydrogen) atoms. The zero-order valence-corrected chi connectivity index (χ0v) is 8.97. The first kappa shape index (κ1) is 9.75. The maximum atomic E-state index is 5.08. The first-order valence-electron chi connectivity index (χ1n) is 3.98. The Balaban J connectivity index is 2.73. The number of methoxy groups -OCH3 is 1. The van der Waals surface area contributed by atoms with Crippen LogP contribution in [0.5, 0.6) is 0 Å². The zero-order chi connectivity index (χ0) is 8.97. The summed E-state index contributed by atoms with van der Waals surface area (Å²) in [6, 6.07) is 8.33. The maximum Gasteiger partial charge on any atom is 0.0528 e. The predicted molar refractivity (Wildman–Crippen MR) is 54.4 cm³/mol. The normalized spacial score (nSPS) is 12.9. The topological polar surface area (TPSA) is 9.23 Å². The number of halogens is 1. The number of rotatable bonds is 3. The van der Waals surface area contributed by atoms with Crippen molar-refractivity contribution in [3.63, 3.8) is 0 Å². The zero-order valence-electron chi connectivity index (χ0n) is 7.38. The van der Waals surface area contributed by atoms with Gasteiger partial charge in [-0.1, -0.05) is 35.0 Å². The van der Waals surface area contributed by atoms with Gasteiger partial charge in [-0.25, -0.2) is 0 Å². The molecular formula is C10H13BrO. The lowest BCUT2D eigenvalue weighted by Crippen LogP contribution is -2.01. The SMILES string of the molecule is COCC(C)c1cccc(Br)c1. The molecule has 0 N–H and O–H groups in total. The minimum atomic E-state index is 0.465. The Bertz CT molecular complexity index is 247. The van der Waals surface area contributed by atoms with Gasteiger partial charge in [0.2, 0.25) is 0 Å². The molecule has 1 aromatic carbocycles. The monoisotopic (exact) mass is 228 g/mol. The molecule has 0 aromatic heterocycles. The first-order valence-corrected chi connectivity index (χ1v) is 4.77. The molecule has 0 heterocycles. The van der Waals surface area contributed by atoms with Crippen molar-refractivity contribution in [2.75, 3.05) is 13.7 Å². The Hall–Kier alpha value is -0.340. The minimum Gasteiger partial charge on any atom is -0.384 e. The first-order chi connectivity index (χ1) is 5.74. The van der Waals surface area contributed by atoms with Gasteiger partial charge in [-0.05, 0) is 17.7 Å². The second-order valence-electron chi connectivity index (χ2n) is 2.91. The number of hydrogen-bond donors (Lipinski definition) is 0. The van der Waals surface area contributed by atoms with Gasteiger partial charge < -0.3 is 4.74 Å². The second kappa shape index (κ2) is 4.63. The van der Waals surface area contributed by atoms with E-state index >= 15 is 0 Å². The highest BCUT2D eigenvalue weighted by atomic mass is 79.9. The van der Waals surface area contributed by atoms with E-state index in [1.807, 2.05) is 12.1 Å². The van der Waals surface area contributed by atoms with Crippen molar-refractivity contribution in [3.05, 3.63) is 34.3 Å². The molecule has 0 aliphatic carbocycles. The molecule has 0 radical (unpaired) electrons. The van der Waals surface area contributed by atoms with E-state index in [4.69, 9.17) is 4.74 Å². The van der Waals surface area contributed by atoms with Crippen LogP contribution in [-0.2, 0) is 4.74 Å². The molecule has 0 saturated carbocycles. The fraction of sp³-hybridized carbons (Fsp3) is 0.400. The number of ether oxygens (including phenoxy) is 1. The van der Waals surface area contributed by atoms with Crippen LogP contribution in [0.15, 0.2) is 28.7 Å². The van der Waals surface area contributed by atoms with E-state index in [2.05, 4.69) is 35.0 Å². The molecule has 1 aromatic rings. The highest BCUT2D eigenvalue weighted by molar-refractivity contribution is 9.10. The third kappa shape index (κ3) is 2.61. The van der Waals surface area contributed by atoms with Crippen LogP contribution in [0.2, 0.25) is 0 Å². The molecule has 0 saturated heterocycles. The molecule has 1 nitrogen and oxygen atoms in total. The van der Waals surface area contributed by atoms with Gasteiger partial charge in [0.05, 0.1) is 6.61 Å². The highest BCUT2D eigenvalue weighted by Crippen LogP contribution is 2.19. The van der Waals surface area contributed by atoms with Gasteiger partial charge in [0.25, 0.3) is 0 Å². The molecule has 0 spiro atoms. The standard InChI is InChI=1S/C10H13BrO/c1-8(7-12-2)9-4-3-5-10(11)6-9/h3-6,8H,7H2,1-2H3. The van der Waals surface area contributed by atoms with Crippen LogP contribution < -0.4 is 0 Å². The van der Waals surface area contributed by atoms with E-state index in [1.54, 1.807) is 7.11 Å². The Morgan fingerprint density at radius 2 is 2.25 bits per heavy atom. The molecule has 0 fully saturated rings. The Kier molecular flexibility index (Phi) is 3.76. The van der Waals surface area contributed by atoms with Crippen molar-refractivity contribution < 1.29 is 4.74 Å². The minimum absolute atomic E-state index is 0.465. The van der Waals surface area contributed by atoms with E-state index in [0.29, 0.717) is 5.92 Å². The number of benzene rings is 1. The molecule has 0 aliphatic rings. The van der Waals surface area contributed by atoms with Crippen molar-refractivity contribution in [3.8, 4) is 0 Å². The summed E-state index contributed by atoms with van der Waals surface area (Å²) in [5.41, 5.74) is 1.31. The summed E-state index contributed by atoms with van der Waals surface area (Å²) in [6.07, 6.45) is 0. The van der Waals surface area contributed by atoms with Gasteiger partial charge in [-0.3, -0.25) is 0 Å². The quantitative estimate of drug-likeness (QED) is 0.773. The Labute approximate surface area is 81.9 Å². The molecule has 2 heteroatoms. The fourth-order valence-corrected chi connectivity index (χ4v) is 1.58. The lowest BCUT2D eigenvalue weighted by Gasteiger charge is -2.10. The molecule has 0 bridgehead atoms. The van der Waals surface area contributed by atoms with Crippen LogP contribution in [0.4, 0.5) is 0 Å². The van der Waals surface area contributed by atoms with Crippen LogP contribution in [0, 0.1) is 0 Å². The molecule has 1 atom stereocenters. The van der Waals surface area contributed by atoms with Crippen molar-refractivity contribution >= 4 is 15.9 Å². The summed E-state index contributed by atoms with van der Waals surface area (Å²) >= 11 is 3.44. The van der Waals surface area contributed by atoms with Crippen molar-refractivity contribution in [2.24, 2.45) is 0 Å². The van der Waals surface area contributed by atoms with E-state index < -0.39 is 0 Å². The summed E-state index contributed by atoms with van der Waals surface area (Å²) in [5, 5.41) is 0. The summed E-state index contributed by atoms with van der Waals surface area (Å²) in [7, 11) is 1.73. The highest BCUT2D eigenvalue weighted by Gasteiger charge is 2.03. The molecule has 1 rings (SSSR count). The van der Waals surface area contributed by atoms with Crippen LogP contribution in [0.1, 0.15) is 18.4 Å². The summed E-state index contributed by atoms with van der Waals surface area (Å²) in [5.74, 6) is 0.465. The van der Waals surface area contributed by atoms with Gasteiger partial charge in [0.15, 0.2) is 0 Å². The van der Waals surface area contributed by atoms with Crippen molar-refractivity contribution in [1.82, 2.24) is 0 Å². The smallest absolute Gasteiger partial charge is 0.0528 e. The lowest BCUT2D eigenvalue weighted by atomic mass is 10.0. The Morgan fingerprint density at radius 3 is 2.83 bits per heavy atom. The van der Waals surface area contributed by atoms with Crippen LogP contribution in [-0.4, -0.2) is 13.7 Å². The van der Waals surface area contributed by atoms with E-state index in [1.165, 1.54) is 5.56 Å². The van der Waals surface area contributed by atoms with E-state index in [0.717, 1.165) is 11.1 Å². The summed E-state index contributed by atoms with van der Waals surface area (Å²) < 4.78 is 6.21. The van der Waals surface area contributed by atoms with Crippen molar-refractivity contribution in [1.29, 1.82) is 0 Å². The van der Waals surface area contributed by atoms with Gasteiger partial charge in [0, 0.05) is 17.5 Å². The van der Waals surface area contributed by atoms with Gasteiger partial charge in [-0.15, -0.1) is 0 Å². The average molecular weight is 229 g/mol. The molecule has 1 unspecified atom stereocenters. The maximum absolute atomic E-state index is 5.08. The summed E-state index contributed by atoms with van der Waals surface area (Å²) in [6.45, 7) is 2.93. The van der Waals surface area contributed by atoms with Crippen LogP contribution in [0.3, 0.4) is 0 Å². The number of hydrogen-bond acceptors (Lipinski definition) is 1. The lowest BCUT2D eigenvalue weighted by molar-refractivity contribution is 0.184. The predicted octanol–water partition coefficient (Wildman–Crippen LogP) is 3.20. The Morgan fingerprint density at radius 1 is 1.50 bits per heavy atom. The van der Waals surface area contributed by atoms with E-state index in [-0.39, 0.29) is 0 Å². The molecule has 66 valence electrons. The van der Waals surface area contributed by atoms with Gasteiger partial charge >= 0.3 is 0 Å². The molecular weight excluding hydrogens is 216 g/mol. The van der Waals surface area contributed by atoms with Crippen LogP contribution in [0.25, 0.3) is 0 Å². The molecule has 0 aliphatic heterocycles. The fourth-order valence-electron chi connectivity index (χ4n) is 1.16. The van der Waals surface area contributed by atoms with Gasteiger partial charge in [0.1, 0.15) is 0 Å². The second-order valence-corrected chi connectivity index (χ2v) is 3.83.